The van der Waals surface area contributed by atoms with Gasteiger partial charge >= 0.3 is 0 Å². The molecule has 7 rings (SSSR count). The Morgan fingerprint density at radius 1 is 0.568 bits per heavy atom. The van der Waals surface area contributed by atoms with Crippen LogP contribution in [0.5, 0.6) is 23.0 Å². The molecule has 2 unspecified atom stereocenters. The van der Waals surface area contributed by atoms with Crippen molar-refractivity contribution in [3.8, 4) is 23.0 Å². The monoisotopic (exact) mass is 630 g/mol. The van der Waals surface area contributed by atoms with E-state index >= 15 is 0 Å². The first kappa shape index (κ1) is 29.7. The second-order valence-corrected chi connectivity index (χ2v) is 13.3. The summed E-state index contributed by atoms with van der Waals surface area (Å²) in [7, 11) is 0.0550. The third kappa shape index (κ3) is 5.98. The van der Waals surface area contributed by atoms with Crippen molar-refractivity contribution in [1.29, 1.82) is 0 Å². The van der Waals surface area contributed by atoms with Crippen LogP contribution in [0.2, 0.25) is 0 Å². The largest absolute Gasteiger partial charge is 0.472 e. The molecule has 2 saturated heterocycles. The molecule has 3 heterocycles. The van der Waals surface area contributed by atoms with Gasteiger partial charge in [0.1, 0.15) is 40.6 Å². The molecule has 0 aliphatic carbocycles. The first-order chi connectivity index (χ1) is 21.6. The van der Waals surface area contributed by atoms with Crippen molar-refractivity contribution in [3.63, 3.8) is 0 Å². The van der Waals surface area contributed by atoms with Crippen LogP contribution in [0.1, 0.15) is 61.5 Å². The fourth-order valence-corrected chi connectivity index (χ4v) is 7.47. The second kappa shape index (κ2) is 13.1. The lowest BCUT2D eigenvalue weighted by Crippen LogP contribution is -2.29. The molecule has 4 aromatic rings. The summed E-state index contributed by atoms with van der Waals surface area (Å²) in [6, 6.07) is 28.5. The Labute approximate surface area is 261 Å². The molecule has 2 fully saturated rings. The Morgan fingerprint density at radius 2 is 1.00 bits per heavy atom. The molecule has 0 radical (unpaired) electrons. The fraction of sp³-hybridized carbons (Fsp3) is 0.314. The van der Waals surface area contributed by atoms with Crippen LogP contribution < -0.4 is 24.4 Å². The van der Waals surface area contributed by atoms with Gasteiger partial charge in [-0.15, -0.1) is 0 Å². The van der Waals surface area contributed by atoms with Crippen LogP contribution in [0.15, 0.2) is 84.9 Å². The molecule has 0 saturated carbocycles. The summed E-state index contributed by atoms with van der Waals surface area (Å²) in [6.07, 6.45) is 0.966. The maximum atomic E-state index is 6.80. The van der Waals surface area contributed by atoms with Crippen molar-refractivity contribution in [2.24, 2.45) is 0 Å². The van der Waals surface area contributed by atoms with Gasteiger partial charge in [0.05, 0.1) is 48.2 Å². The van der Waals surface area contributed by atoms with Crippen LogP contribution in [0, 0.1) is 0 Å². The topological polar surface area (TPSA) is 64.6 Å². The quantitative estimate of drug-likeness (QED) is 0.186. The third-order valence-electron chi connectivity index (χ3n) is 8.12. The average molecular weight is 631 g/mol. The van der Waals surface area contributed by atoms with Crippen LogP contribution in [0.25, 0.3) is 0 Å². The molecule has 0 N–H and O–H groups in total. The molecule has 0 bridgehead atoms. The van der Waals surface area contributed by atoms with Crippen LogP contribution in [-0.4, -0.2) is 26.4 Å². The minimum absolute atomic E-state index is 0.0275. The fourth-order valence-electron chi connectivity index (χ4n) is 5.78. The van der Waals surface area contributed by atoms with Crippen molar-refractivity contribution >= 4 is 28.2 Å². The van der Waals surface area contributed by atoms with Crippen molar-refractivity contribution in [2.45, 2.75) is 44.7 Å². The smallest absolute Gasteiger partial charge is 0.187 e. The van der Waals surface area contributed by atoms with Crippen molar-refractivity contribution in [1.82, 2.24) is 0 Å². The molecular weight excluding hydrogens is 594 g/mol. The van der Waals surface area contributed by atoms with Gasteiger partial charge < -0.3 is 32.7 Å². The molecule has 2 atom stereocenters. The van der Waals surface area contributed by atoms with Gasteiger partial charge in [0.15, 0.2) is 12.6 Å². The zero-order valence-electron chi connectivity index (χ0n) is 24.8. The number of para-hydroxylation sites is 4. The Hall–Kier alpha value is -3.02. The third-order valence-corrected chi connectivity index (χ3v) is 9.99. The predicted octanol–water partition coefficient (Wildman–Crippen LogP) is 7.58. The first-order valence-corrected chi connectivity index (χ1v) is 16.9. The normalized spacial score (nSPS) is 18.7. The Balaban J connectivity index is 1.15. The van der Waals surface area contributed by atoms with E-state index in [1.165, 1.54) is 0 Å². The highest BCUT2D eigenvalue weighted by atomic mass is 31.1. The molecule has 3 aliphatic rings. The van der Waals surface area contributed by atoms with Gasteiger partial charge in [-0.3, -0.25) is 0 Å². The van der Waals surface area contributed by atoms with E-state index in [1.54, 1.807) is 0 Å². The number of fused-ring (bicyclic) bond motifs is 2. The lowest BCUT2D eigenvalue weighted by molar-refractivity contribution is -0.183. The maximum absolute atomic E-state index is 6.80. The number of benzene rings is 4. The molecule has 9 heteroatoms. The molecule has 4 aromatic carbocycles. The molecule has 0 amide bonds. The maximum Gasteiger partial charge on any atom is 0.187 e. The lowest BCUT2D eigenvalue weighted by atomic mass is 9.76. The van der Waals surface area contributed by atoms with Gasteiger partial charge in [-0.2, -0.15) is 0 Å². The van der Waals surface area contributed by atoms with Crippen molar-refractivity contribution in [2.75, 3.05) is 26.4 Å². The summed E-state index contributed by atoms with van der Waals surface area (Å²) in [5.74, 6) is 3.19. The molecule has 7 nitrogen and oxygen atoms in total. The second-order valence-electron chi connectivity index (χ2n) is 11.4. The molecular formula is C35H36O7P2. The number of ether oxygens (including phenoxy) is 5. The Kier molecular flexibility index (Phi) is 8.87. The molecule has 44 heavy (non-hydrogen) atoms. The Bertz CT molecular complexity index is 1500. The molecule has 3 aliphatic heterocycles. The van der Waals surface area contributed by atoms with E-state index in [1.807, 2.05) is 48.5 Å². The first-order valence-electron chi connectivity index (χ1n) is 15.0. The SMILES string of the molecule is CC1(C)c2cccc(POc3ccccc3C3OCCCO3)c2Oc2c(POc3ccccc3C3OCCCO3)cccc21. The van der Waals surface area contributed by atoms with E-state index in [0.717, 1.165) is 68.7 Å². The van der Waals surface area contributed by atoms with Gasteiger partial charge in [-0.25, -0.2) is 0 Å². The van der Waals surface area contributed by atoms with Crippen LogP contribution in [0.3, 0.4) is 0 Å². The highest BCUT2D eigenvalue weighted by Crippen LogP contribution is 2.49. The van der Waals surface area contributed by atoms with Gasteiger partial charge in [0.2, 0.25) is 0 Å². The summed E-state index contributed by atoms with van der Waals surface area (Å²) in [4.78, 5) is 0. The number of hydrogen-bond acceptors (Lipinski definition) is 7. The zero-order chi connectivity index (χ0) is 29.9. The van der Waals surface area contributed by atoms with Gasteiger partial charge in [-0.05, 0) is 37.1 Å². The summed E-state index contributed by atoms with van der Waals surface area (Å²) < 4.78 is 43.2. The lowest BCUT2D eigenvalue weighted by Gasteiger charge is -2.36. The van der Waals surface area contributed by atoms with Crippen molar-refractivity contribution in [3.05, 3.63) is 107 Å². The van der Waals surface area contributed by atoms with Gasteiger partial charge in [0.25, 0.3) is 0 Å². The standard InChI is InChI=1S/C35H36O7P2/c1-35(2)25-13-7-17-29(43-41-27-15-5-3-11-23(27)33-36-19-9-20-37-33)31(25)40-32-26(35)14-8-18-30(32)44-42-28-16-6-4-12-24(28)34-38-21-10-22-39-34/h3-8,11-18,33-34,43-44H,9-10,19-22H2,1-2H3. The van der Waals surface area contributed by atoms with Crippen LogP contribution >= 0.6 is 17.6 Å². The van der Waals surface area contributed by atoms with E-state index in [2.05, 4.69) is 50.2 Å². The average Bonchev–Trinajstić information content (AvgIpc) is 3.08. The van der Waals surface area contributed by atoms with E-state index in [4.69, 9.17) is 32.7 Å². The zero-order valence-corrected chi connectivity index (χ0v) is 26.8. The van der Waals surface area contributed by atoms with Gasteiger partial charge in [0, 0.05) is 16.5 Å². The number of hydrogen-bond donors (Lipinski definition) is 0. The number of rotatable bonds is 8. The van der Waals surface area contributed by atoms with E-state index in [0.29, 0.717) is 26.4 Å². The highest BCUT2D eigenvalue weighted by molar-refractivity contribution is 7.43. The predicted molar refractivity (Wildman–Crippen MR) is 174 cm³/mol. The summed E-state index contributed by atoms with van der Waals surface area (Å²) in [5, 5.41) is 2.00. The summed E-state index contributed by atoms with van der Waals surface area (Å²) in [6.45, 7) is 7.20. The van der Waals surface area contributed by atoms with Crippen LogP contribution in [-0.2, 0) is 24.4 Å². The van der Waals surface area contributed by atoms with E-state index in [-0.39, 0.29) is 23.0 Å². The summed E-state index contributed by atoms with van der Waals surface area (Å²) in [5.41, 5.74) is 3.78. The summed E-state index contributed by atoms with van der Waals surface area (Å²) >= 11 is 0. The van der Waals surface area contributed by atoms with E-state index in [9.17, 15) is 0 Å². The minimum Gasteiger partial charge on any atom is -0.472 e. The van der Waals surface area contributed by atoms with Crippen molar-refractivity contribution < 1.29 is 32.7 Å². The van der Waals surface area contributed by atoms with E-state index < -0.39 is 12.6 Å². The molecule has 0 spiro atoms. The van der Waals surface area contributed by atoms with Gasteiger partial charge in [-0.1, -0.05) is 74.5 Å². The molecule has 228 valence electrons. The molecule has 0 aromatic heterocycles. The minimum atomic E-state index is -0.415. The highest BCUT2D eigenvalue weighted by Gasteiger charge is 2.37. The van der Waals surface area contributed by atoms with Crippen LogP contribution in [0.4, 0.5) is 0 Å². The Morgan fingerprint density at radius 3 is 1.45 bits per heavy atom.